The Hall–Kier alpha value is -0.340. The lowest BCUT2D eigenvalue weighted by atomic mass is 9.98. The third-order valence-corrected chi connectivity index (χ3v) is 4.03. The van der Waals surface area contributed by atoms with Crippen LogP contribution in [0.2, 0.25) is 0 Å². The maximum absolute atomic E-state index is 9.73. The standard InChI is InChI=1S/C11H16OS/c1-2-9-6-8(7-13-9)10-4-3-5-11(10)12/h6-7,10-12H,2-5H2,1H3. The van der Waals surface area contributed by atoms with Crippen LogP contribution in [0.1, 0.15) is 42.5 Å². The second-order valence-corrected chi connectivity index (χ2v) is 4.80. The first-order chi connectivity index (χ1) is 6.31. The molecule has 1 saturated carbocycles. The molecule has 1 N–H and O–H groups in total. The van der Waals surface area contributed by atoms with Crippen molar-refractivity contribution < 1.29 is 5.11 Å². The van der Waals surface area contributed by atoms with Gasteiger partial charge in [0.2, 0.25) is 0 Å². The Balaban J connectivity index is 2.15. The highest BCUT2D eigenvalue weighted by Crippen LogP contribution is 2.36. The van der Waals surface area contributed by atoms with E-state index in [1.807, 2.05) is 11.3 Å². The minimum atomic E-state index is -0.0840. The summed E-state index contributed by atoms with van der Waals surface area (Å²) in [6.45, 7) is 2.18. The van der Waals surface area contributed by atoms with Crippen molar-refractivity contribution in [2.45, 2.75) is 44.6 Å². The van der Waals surface area contributed by atoms with Gasteiger partial charge in [0, 0.05) is 10.8 Å². The molecule has 2 rings (SSSR count). The predicted octanol–water partition coefficient (Wildman–Crippen LogP) is 2.94. The van der Waals surface area contributed by atoms with E-state index in [1.165, 1.54) is 23.3 Å². The van der Waals surface area contributed by atoms with Gasteiger partial charge in [-0.25, -0.2) is 0 Å². The minimum absolute atomic E-state index is 0.0840. The van der Waals surface area contributed by atoms with E-state index in [-0.39, 0.29) is 6.10 Å². The molecule has 0 aromatic carbocycles. The van der Waals surface area contributed by atoms with Gasteiger partial charge >= 0.3 is 0 Å². The number of rotatable bonds is 2. The van der Waals surface area contributed by atoms with Crippen LogP contribution < -0.4 is 0 Å². The molecule has 13 heavy (non-hydrogen) atoms. The summed E-state index contributed by atoms with van der Waals surface area (Å²) in [6, 6.07) is 2.27. The first kappa shape index (κ1) is 9.22. The van der Waals surface area contributed by atoms with Gasteiger partial charge in [-0.3, -0.25) is 0 Å². The lowest BCUT2D eigenvalue weighted by Gasteiger charge is -2.11. The maximum atomic E-state index is 9.73. The summed E-state index contributed by atoms with van der Waals surface area (Å²) in [5.41, 5.74) is 1.37. The fourth-order valence-corrected chi connectivity index (χ4v) is 3.01. The van der Waals surface area contributed by atoms with Gasteiger partial charge < -0.3 is 5.11 Å². The van der Waals surface area contributed by atoms with Crippen LogP contribution in [-0.4, -0.2) is 11.2 Å². The van der Waals surface area contributed by atoms with Crippen LogP contribution in [0.15, 0.2) is 11.4 Å². The van der Waals surface area contributed by atoms with Crippen molar-refractivity contribution in [3.05, 3.63) is 21.9 Å². The molecule has 1 aromatic rings. The molecular formula is C11H16OS. The summed E-state index contributed by atoms with van der Waals surface area (Å²) in [5, 5.41) is 11.9. The molecule has 1 nitrogen and oxygen atoms in total. The van der Waals surface area contributed by atoms with Crippen LogP contribution in [0.4, 0.5) is 0 Å². The predicted molar refractivity (Wildman–Crippen MR) is 56.3 cm³/mol. The van der Waals surface area contributed by atoms with Crippen LogP contribution in [0, 0.1) is 0 Å². The van der Waals surface area contributed by atoms with Crippen LogP contribution >= 0.6 is 11.3 Å². The number of thiophene rings is 1. The SMILES string of the molecule is CCc1cc(C2CCCC2O)cs1. The van der Waals surface area contributed by atoms with Gasteiger partial charge in [0.05, 0.1) is 6.10 Å². The smallest absolute Gasteiger partial charge is 0.0609 e. The van der Waals surface area contributed by atoms with Crippen molar-refractivity contribution in [1.29, 1.82) is 0 Å². The number of hydrogen-bond donors (Lipinski definition) is 1. The number of aliphatic hydroxyl groups is 1. The Bertz CT molecular complexity index is 279. The van der Waals surface area contributed by atoms with Gasteiger partial charge in [0.25, 0.3) is 0 Å². The molecule has 2 unspecified atom stereocenters. The van der Waals surface area contributed by atoms with Crippen molar-refractivity contribution in [2.24, 2.45) is 0 Å². The molecule has 1 aliphatic carbocycles. The zero-order valence-electron chi connectivity index (χ0n) is 7.99. The van der Waals surface area contributed by atoms with Crippen molar-refractivity contribution in [2.75, 3.05) is 0 Å². The molecule has 2 atom stereocenters. The van der Waals surface area contributed by atoms with Gasteiger partial charge in [0.1, 0.15) is 0 Å². The molecular weight excluding hydrogens is 180 g/mol. The zero-order valence-corrected chi connectivity index (χ0v) is 8.81. The van der Waals surface area contributed by atoms with E-state index in [0.717, 1.165) is 12.8 Å². The van der Waals surface area contributed by atoms with E-state index in [9.17, 15) is 5.11 Å². The molecule has 0 aliphatic heterocycles. The van der Waals surface area contributed by atoms with Crippen LogP contribution in [0.25, 0.3) is 0 Å². The molecule has 1 fully saturated rings. The third-order valence-electron chi connectivity index (χ3n) is 2.93. The summed E-state index contributed by atoms with van der Waals surface area (Å²) in [7, 11) is 0. The van der Waals surface area contributed by atoms with Gasteiger partial charge in [-0.05, 0) is 36.3 Å². The molecule has 0 amide bonds. The summed E-state index contributed by atoms with van der Waals surface area (Å²) in [5.74, 6) is 0.427. The Kier molecular flexibility index (Phi) is 2.70. The first-order valence-corrected chi connectivity index (χ1v) is 5.94. The lowest BCUT2D eigenvalue weighted by Crippen LogP contribution is -2.09. The Labute approximate surface area is 83.4 Å². The second kappa shape index (κ2) is 3.81. The number of hydrogen-bond acceptors (Lipinski definition) is 2. The monoisotopic (exact) mass is 196 g/mol. The number of aliphatic hydroxyl groups excluding tert-OH is 1. The summed E-state index contributed by atoms with van der Waals surface area (Å²) >= 11 is 1.83. The van der Waals surface area contributed by atoms with Crippen molar-refractivity contribution in [3.63, 3.8) is 0 Å². The maximum Gasteiger partial charge on any atom is 0.0609 e. The quantitative estimate of drug-likeness (QED) is 0.771. The molecule has 1 aromatic heterocycles. The highest BCUT2D eigenvalue weighted by atomic mass is 32.1. The average molecular weight is 196 g/mol. The Morgan fingerprint density at radius 3 is 2.92 bits per heavy atom. The van der Waals surface area contributed by atoms with E-state index in [2.05, 4.69) is 18.4 Å². The highest BCUT2D eigenvalue weighted by Gasteiger charge is 2.27. The fraction of sp³-hybridized carbons (Fsp3) is 0.636. The zero-order chi connectivity index (χ0) is 9.26. The van der Waals surface area contributed by atoms with E-state index in [4.69, 9.17) is 0 Å². The fourth-order valence-electron chi connectivity index (χ4n) is 2.11. The summed E-state index contributed by atoms with van der Waals surface area (Å²) in [4.78, 5) is 1.44. The molecule has 0 saturated heterocycles. The highest BCUT2D eigenvalue weighted by molar-refractivity contribution is 7.10. The molecule has 72 valence electrons. The van der Waals surface area contributed by atoms with E-state index < -0.39 is 0 Å². The minimum Gasteiger partial charge on any atom is -0.392 e. The molecule has 2 heteroatoms. The van der Waals surface area contributed by atoms with Crippen LogP contribution in [-0.2, 0) is 6.42 Å². The Morgan fingerprint density at radius 1 is 1.54 bits per heavy atom. The average Bonchev–Trinajstić information content (AvgIpc) is 2.71. The largest absolute Gasteiger partial charge is 0.392 e. The van der Waals surface area contributed by atoms with Gasteiger partial charge in [0.15, 0.2) is 0 Å². The molecule has 0 radical (unpaired) electrons. The Morgan fingerprint density at radius 2 is 2.38 bits per heavy atom. The van der Waals surface area contributed by atoms with Crippen LogP contribution in [0.3, 0.4) is 0 Å². The summed E-state index contributed by atoms with van der Waals surface area (Å²) < 4.78 is 0. The van der Waals surface area contributed by atoms with E-state index in [0.29, 0.717) is 5.92 Å². The van der Waals surface area contributed by atoms with Gasteiger partial charge in [-0.1, -0.05) is 13.3 Å². The van der Waals surface area contributed by atoms with E-state index >= 15 is 0 Å². The normalized spacial score (nSPS) is 28.2. The van der Waals surface area contributed by atoms with Crippen molar-refractivity contribution >= 4 is 11.3 Å². The van der Waals surface area contributed by atoms with Crippen molar-refractivity contribution in [3.8, 4) is 0 Å². The molecule has 1 aliphatic rings. The van der Waals surface area contributed by atoms with Crippen molar-refractivity contribution in [1.82, 2.24) is 0 Å². The number of aryl methyl sites for hydroxylation is 1. The molecule has 0 bridgehead atoms. The van der Waals surface area contributed by atoms with Crippen LogP contribution in [0.5, 0.6) is 0 Å². The second-order valence-electron chi connectivity index (χ2n) is 3.80. The third kappa shape index (κ3) is 1.79. The molecule has 1 heterocycles. The lowest BCUT2D eigenvalue weighted by molar-refractivity contribution is 0.164. The summed E-state index contributed by atoms with van der Waals surface area (Å²) in [6.07, 6.45) is 4.37. The van der Waals surface area contributed by atoms with Gasteiger partial charge in [-0.15, -0.1) is 11.3 Å². The molecule has 0 spiro atoms. The topological polar surface area (TPSA) is 20.2 Å². The van der Waals surface area contributed by atoms with E-state index in [1.54, 1.807) is 0 Å². The first-order valence-electron chi connectivity index (χ1n) is 5.06. The van der Waals surface area contributed by atoms with Gasteiger partial charge in [-0.2, -0.15) is 0 Å².